The molecule has 0 radical (unpaired) electrons. The first-order valence-corrected chi connectivity index (χ1v) is 6.84. The monoisotopic (exact) mass is 278 g/mol. The number of amides is 1. The number of ether oxygens (including phenoxy) is 1. The minimum absolute atomic E-state index is 0.228. The van der Waals surface area contributed by atoms with Crippen LogP contribution in [0.4, 0.5) is 5.69 Å². The topological polar surface area (TPSA) is 64.4 Å². The van der Waals surface area contributed by atoms with Crippen molar-refractivity contribution in [3.63, 3.8) is 0 Å². The van der Waals surface area contributed by atoms with Crippen molar-refractivity contribution in [2.24, 2.45) is 0 Å². The van der Waals surface area contributed by atoms with E-state index >= 15 is 0 Å². The summed E-state index contributed by atoms with van der Waals surface area (Å²) >= 11 is 1.35. The molecule has 1 heterocycles. The SMILES string of the molecule is COc1ccc(NC(=O)c2c(C)noc2SC)cc1. The number of carbonyl (C=O) groups excluding carboxylic acids is 1. The fourth-order valence-corrected chi connectivity index (χ4v) is 2.17. The van der Waals surface area contributed by atoms with Crippen LogP contribution in [-0.4, -0.2) is 24.4 Å². The largest absolute Gasteiger partial charge is 0.497 e. The zero-order valence-corrected chi connectivity index (χ0v) is 11.7. The van der Waals surface area contributed by atoms with Gasteiger partial charge in [0.2, 0.25) is 5.09 Å². The molecule has 0 spiro atoms. The Morgan fingerprint density at radius 2 is 2.05 bits per heavy atom. The third-order valence-electron chi connectivity index (χ3n) is 2.59. The zero-order valence-electron chi connectivity index (χ0n) is 10.9. The van der Waals surface area contributed by atoms with Crippen LogP contribution in [0.5, 0.6) is 5.75 Å². The molecule has 1 aromatic heterocycles. The molecule has 19 heavy (non-hydrogen) atoms. The highest BCUT2D eigenvalue weighted by atomic mass is 32.2. The maximum absolute atomic E-state index is 12.2. The van der Waals surface area contributed by atoms with E-state index in [2.05, 4.69) is 10.5 Å². The van der Waals surface area contributed by atoms with Crippen molar-refractivity contribution in [3.05, 3.63) is 35.5 Å². The van der Waals surface area contributed by atoms with Crippen LogP contribution in [0.3, 0.4) is 0 Å². The summed E-state index contributed by atoms with van der Waals surface area (Å²) < 4.78 is 10.1. The number of hydrogen-bond donors (Lipinski definition) is 1. The number of rotatable bonds is 4. The smallest absolute Gasteiger partial charge is 0.262 e. The van der Waals surface area contributed by atoms with Crippen molar-refractivity contribution in [3.8, 4) is 5.75 Å². The molecule has 100 valence electrons. The quantitative estimate of drug-likeness (QED) is 0.871. The molecule has 0 aliphatic carbocycles. The lowest BCUT2D eigenvalue weighted by atomic mass is 10.2. The van der Waals surface area contributed by atoms with Crippen LogP contribution in [0.25, 0.3) is 0 Å². The average molecular weight is 278 g/mol. The predicted octanol–water partition coefficient (Wildman–Crippen LogP) is 2.97. The van der Waals surface area contributed by atoms with Crippen molar-refractivity contribution in [2.45, 2.75) is 12.0 Å². The van der Waals surface area contributed by atoms with Gasteiger partial charge in [0.15, 0.2) is 0 Å². The lowest BCUT2D eigenvalue weighted by Crippen LogP contribution is -2.13. The van der Waals surface area contributed by atoms with E-state index in [4.69, 9.17) is 9.26 Å². The molecule has 1 N–H and O–H groups in total. The number of benzene rings is 1. The molecule has 0 aliphatic rings. The van der Waals surface area contributed by atoms with E-state index in [1.807, 2.05) is 6.26 Å². The molecule has 2 rings (SSSR count). The lowest BCUT2D eigenvalue weighted by Gasteiger charge is -2.06. The molecule has 0 saturated heterocycles. The standard InChI is InChI=1S/C13H14N2O3S/c1-8-11(13(19-3)18-15-8)12(16)14-9-4-6-10(17-2)7-5-9/h4-7H,1-3H3,(H,14,16). The number of anilines is 1. The predicted molar refractivity (Wildman–Crippen MR) is 74.0 cm³/mol. The second-order valence-electron chi connectivity index (χ2n) is 3.82. The van der Waals surface area contributed by atoms with E-state index in [1.165, 1.54) is 11.8 Å². The first-order chi connectivity index (χ1) is 9.15. The van der Waals surface area contributed by atoms with Crippen molar-refractivity contribution in [1.82, 2.24) is 5.16 Å². The second kappa shape index (κ2) is 5.79. The molecule has 1 amide bonds. The van der Waals surface area contributed by atoms with Crippen molar-refractivity contribution in [1.29, 1.82) is 0 Å². The third-order valence-corrected chi connectivity index (χ3v) is 3.24. The van der Waals surface area contributed by atoms with E-state index < -0.39 is 0 Å². The normalized spacial score (nSPS) is 10.3. The molecule has 0 fully saturated rings. The van der Waals surface area contributed by atoms with Gasteiger partial charge in [0.25, 0.3) is 5.91 Å². The van der Waals surface area contributed by atoms with Gasteiger partial charge in [-0.25, -0.2) is 0 Å². The molecule has 0 bridgehead atoms. The number of thioether (sulfide) groups is 1. The van der Waals surface area contributed by atoms with Gasteiger partial charge in [-0.05, 0) is 37.4 Å². The number of carbonyl (C=O) groups is 1. The summed E-state index contributed by atoms with van der Waals surface area (Å²) in [7, 11) is 1.60. The molecule has 0 aliphatic heterocycles. The minimum Gasteiger partial charge on any atom is -0.497 e. The highest BCUT2D eigenvalue weighted by Gasteiger charge is 2.19. The summed E-state index contributed by atoms with van der Waals surface area (Å²) in [6.45, 7) is 1.74. The number of methoxy groups -OCH3 is 1. The fraction of sp³-hybridized carbons (Fsp3) is 0.231. The highest BCUT2D eigenvalue weighted by molar-refractivity contribution is 7.98. The lowest BCUT2D eigenvalue weighted by molar-refractivity contribution is 0.102. The first-order valence-electron chi connectivity index (χ1n) is 5.61. The van der Waals surface area contributed by atoms with E-state index in [-0.39, 0.29) is 5.91 Å². The zero-order chi connectivity index (χ0) is 13.8. The highest BCUT2D eigenvalue weighted by Crippen LogP contribution is 2.24. The van der Waals surface area contributed by atoms with E-state index in [1.54, 1.807) is 38.3 Å². The van der Waals surface area contributed by atoms with Gasteiger partial charge in [-0.15, -0.1) is 0 Å². The summed E-state index contributed by atoms with van der Waals surface area (Å²) in [5, 5.41) is 7.12. The van der Waals surface area contributed by atoms with Gasteiger partial charge in [-0.3, -0.25) is 4.79 Å². The summed E-state index contributed by atoms with van der Waals surface area (Å²) in [5.41, 5.74) is 1.75. The Morgan fingerprint density at radius 3 is 2.63 bits per heavy atom. The van der Waals surface area contributed by atoms with Gasteiger partial charge >= 0.3 is 0 Å². The molecule has 0 unspecified atom stereocenters. The van der Waals surface area contributed by atoms with Gasteiger partial charge in [-0.1, -0.05) is 16.9 Å². The maximum Gasteiger partial charge on any atom is 0.262 e. The number of nitrogens with one attached hydrogen (secondary N) is 1. The molecule has 0 atom stereocenters. The van der Waals surface area contributed by atoms with Crippen LogP contribution in [0, 0.1) is 6.92 Å². The Hall–Kier alpha value is -1.95. The number of aromatic nitrogens is 1. The average Bonchev–Trinajstić information content (AvgIpc) is 2.80. The van der Waals surface area contributed by atoms with E-state index in [0.29, 0.717) is 22.0 Å². The maximum atomic E-state index is 12.2. The van der Waals surface area contributed by atoms with Crippen LogP contribution >= 0.6 is 11.8 Å². The molecular formula is C13H14N2O3S. The van der Waals surface area contributed by atoms with Crippen LogP contribution < -0.4 is 10.1 Å². The van der Waals surface area contributed by atoms with Gasteiger partial charge in [0.05, 0.1) is 12.8 Å². The Balaban J connectivity index is 2.18. The van der Waals surface area contributed by atoms with Gasteiger partial charge < -0.3 is 14.6 Å². The Bertz CT molecular complexity index is 578. The van der Waals surface area contributed by atoms with Gasteiger partial charge in [0, 0.05) is 5.69 Å². The van der Waals surface area contributed by atoms with E-state index in [9.17, 15) is 4.79 Å². The molecular weight excluding hydrogens is 264 g/mol. The Morgan fingerprint density at radius 1 is 1.37 bits per heavy atom. The Labute approximate surface area is 115 Å². The van der Waals surface area contributed by atoms with Crippen molar-refractivity contribution < 1.29 is 14.1 Å². The van der Waals surface area contributed by atoms with Crippen LogP contribution in [0.2, 0.25) is 0 Å². The third kappa shape index (κ3) is 2.90. The summed E-state index contributed by atoms with van der Waals surface area (Å²) in [5.74, 6) is 0.511. The molecule has 2 aromatic rings. The van der Waals surface area contributed by atoms with Gasteiger partial charge in [0.1, 0.15) is 11.3 Å². The second-order valence-corrected chi connectivity index (χ2v) is 4.60. The first kappa shape index (κ1) is 13.5. The number of aryl methyl sites for hydroxylation is 1. The number of hydrogen-bond acceptors (Lipinski definition) is 5. The van der Waals surface area contributed by atoms with Crippen molar-refractivity contribution >= 4 is 23.4 Å². The summed E-state index contributed by atoms with van der Waals surface area (Å²) in [6, 6.07) is 7.12. The number of nitrogens with zero attached hydrogens (tertiary/aromatic N) is 1. The van der Waals surface area contributed by atoms with Gasteiger partial charge in [-0.2, -0.15) is 0 Å². The minimum atomic E-state index is -0.228. The molecule has 6 heteroatoms. The van der Waals surface area contributed by atoms with Crippen LogP contribution in [0.15, 0.2) is 33.9 Å². The summed E-state index contributed by atoms with van der Waals surface area (Å²) in [6.07, 6.45) is 1.84. The van der Waals surface area contributed by atoms with Crippen LogP contribution in [-0.2, 0) is 0 Å². The van der Waals surface area contributed by atoms with Crippen molar-refractivity contribution in [2.75, 3.05) is 18.7 Å². The fourth-order valence-electron chi connectivity index (χ4n) is 1.61. The molecule has 5 nitrogen and oxygen atoms in total. The van der Waals surface area contributed by atoms with E-state index in [0.717, 1.165) is 5.75 Å². The summed E-state index contributed by atoms with van der Waals surface area (Å²) in [4.78, 5) is 12.2. The Kier molecular flexibility index (Phi) is 4.11. The molecule has 1 aromatic carbocycles. The molecule has 0 saturated carbocycles. The van der Waals surface area contributed by atoms with Crippen LogP contribution in [0.1, 0.15) is 16.1 Å².